The molecule has 0 bridgehead atoms. The Bertz CT molecular complexity index is 258. The zero-order chi connectivity index (χ0) is 7.94. The van der Waals surface area contributed by atoms with Crippen molar-refractivity contribution in [2.24, 2.45) is 0 Å². The first-order valence-corrected chi connectivity index (χ1v) is 4.69. The molecule has 0 spiro atoms. The molecule has 0 N–H and O–H groups in total. The normalized spacial score (nSPS) is 8.45. The molecular weight excluding hydrogens is 176 g/mol. The summed E-state index contributed by atoms with van der Waals surface area (Å²) in [5, 5.41) is 3.41. The molecule has 1 aromatic rings. The highest BCUT2D eigenvalue weighted by Crippen LogP contribution is 2.00. The van der Waals surface area contributed by atoms with E-state index in [-0.39, 0.29) is 0 Å². The van der Waals surface area contributed by atoms with Gasteiger partial charge in [-0.3, -0.25) is 0 Å². The quantitative estimate of drug-likeness (QED) is 0.476. The molecule has 0 saturated heterocycles. The van der Waals surface area contributed by atoms with E-state index in [2.05, 4.69) is 11.2 Å². The summed E-state index contributed by atoms with van der Waals surface area (Å²) < 4.78 is 0. The van der Waals surface area contributed by atoms with Crippen molar-refractivity contribution in [3.63, 3.8) is 0 Å². The molecule has 0 nitrogen and oxygen atoms in total. The molecule has 0 radical (unpaired) electrons. The highest BCUT2D eigenvalue weighted by Gasteiger charge is 1.80. The van der Waals surface area contributed by atoms with Crippen molar-refractivity contribution >= 4 is 23.4 Å². The van der Waals surface area contributed by atoms with Gasteiger partial charge in [-0.2, -0.15) is 0 Å². The van der Waals surface area contributed by atoms with Crippen LogP contribution in [0.1, 0.15) is 5.56 Å². The van der Waals surface area contributed by atoms with Crippen molar-refractivity contribution in [1.29, 1.82) is 0 Å². The van der Waals surface area contributed by atoms with Crippen LogP contribution in [0.3, 0.4) is 0 Å². The van der Waals surface area contributed by atoms with Crippen LogP contribution in [0, 0.1) is 11.2 Å². The van der Waals surface area contributed by atoms with Crippen LogP contribution in [-0.2, 0) is 0 Å². The molecule has 11 heavy (non-hydrogen) atoms. The lowest BCUT2D eigenvalue weighted by Crippen LogP contribution is -1.68. The fraction of sp³-hybridized carbons (Fsp3) is 0.111. The van der Waals surface area contributed by atoms with Gasteiger partial charge in [0.2, 0.25) is 0 Å². The highest BCUT2D eigenvalue weighted by molar-refractivity contribution is 8.04. The molecule has 0 aliphatic rings. The van der Waals surface area contributed by atoms with E-state index < -0.39 is 0 Å². The maximum atomic E-state index is 5.43. The molecule has 0 heterocycles. The van der Waals surface area contributed by atoms with Crippen molar-refractivity contribution in [3.05, 3.63) is 35.9 Å². The minimum atomic E-state index is 0.528. The average Bonchev–Trinajstić information content (AvgIpc) is 2.07. The molecule has 0 aliphatic carbocycles. The van der Waals surface area contributed by atoms with E-state index in [1.165, 1.54) is 11.8 Å². The Labute approximate surface area is 76.0 Å². The molecule has 56 valence electrons. The van der Waals surface area contributed by atoms with E-state index in [0.717, 1.165) is 5.56 Å². The molecule has 0 atom stereocenters. The fourth-order valence-electron chi connectivity index (χ4n) is 0.644. The summed E-state index contributed by atoms with van der Waals surface area (Å²) in [5.74, 6) is 2.97. The molecular formula is C9H7ClS. The van der Waals surface area contributed by atoms with Crippen LogP contribution in [0.5, 0.6) is 0 Å². The molecule has 0 fully saturated rings. The Morgan fingerprint density at radius 3 is 2.64 bits per heavy atom. The van der Waals surface area contributed by atoms with E-state index in [4.69, 9.17) is 11.6 Å². The van der Waals surface area contributed by atoms with Gasteiger partial charge in [-0.15, -0.1) is 11.6 Å². The largest absolute Gasteiger partial charge is 0.114 e. The lowest BCUT2D eigenvalue weighted by molar-refractivity contribution is 1.65. The topological polar surface area (TPSA) is 0 Å². The van der Waals surface area contributed by atoms with Crippen LogP contribution in [0.2, 0.25) is 0 Å². The summed E-state index contributed by atoms with van der Waals surface area (Å²) in [6.07, 6.45) is 0. The van der Waals surface area contributed by atoms with E-state index >= 15 is 0 Å². The summed E-state index contributed by atoms with van der Waals surface area (Å²) in [4.78, 5) is 0. The maximum Gasteiger partial charge on any atom is 0.0803 e. The smallest absolute Gasteiger partial charge is 0.0803 e. The number of thioether (sulfide) groups is 1. The van der Waals surface area contributed by atoms with Crippen LogP contribution in [-0.4, -0.2) is 5.21 Å². The number of benzene rings is 1. The minimum Gasteiger partial charge on any atom is -0.114 e. The van der Waals surface area contributed by atoms with Crippen molar-refractivity contribution in [1.82, 2.24) is 0 Å². The second-order valence-corrected chi connectivity index (χ2v) is 3.21. The molecule has 0 aliphatic heterocycles. The predicted molar refractivity (Wildman–Crippen MR) is 51.6 cm³/mol. The van der Waals surface area contributed by atoms with Crippen LogP contribution in [0.4, 0.5) is 0 Å². The lowest BCUT2D eigenvalue weighted by Gasteiger charge is -1.84. The fourth-order valence-corrected chi connectivity index (χ4v) is 1.05. The number of rotatable bonds is 1. The van der Waals surface area contributed by atoms with Gasteiger partial charge in [-0.25, -0.2) is 0 Å². The Morgan fingerprint density at radius 2 is 2.00 bits per heavy atom. The number of hydrogen-bond acceptors (Lipinski definition) is 1. The monoisotopic (exact) mass is 182 g/mol. The first-order valence-electron chi connectivity index (χ1n) is 3.17. The maximum absolute atomic E-state index is 5.43. The summed E-state index contributed by atoms with van der Waals surface area (Å²) in [6, 6.07) is 9.86. The number of hydrogen-bond donors (Lipinski definition) is 0. The molecule has 2 heteroatoms. The molecule has 0 aromatic heterocycles. The number of alkyl halides is 1. The second-order valence-electron chi connectivity index (χ2n) is 1.85. The second kappa shape index (κ2) is 5.12. The first kappa shape index (κ1) is 8.52. The summed E-state index contributed by atoms with van der Waals surface area (Å²) in [7, 11) is 0. The highest BCUT2D eigenvalue weighted by atomic mass is 35.5. The van der Waals surface area contributed by atoms with Crippen molar-refractivity contribution in [2.45, 2.75) is 0 Å². The van der Waals surface area contributed by atoms with E-state index in [1.807, 2.05) is 30.3 Å². The zero-order valence-corrected chi connectivity index (χ0v) is 7.45. The molecule has 1 aromatic carbocycles. The van der Waals surface area contributed by atoms with Crippen LogP contribution in [0.25, 0.3) is 0 Å². The van der Waals surface area contributed by atoms with Crippen molar-refractivity contribution < 1.29 is 0 Å². The molecule has 1 rings (SSSR count). The van der Waals surface area contributed by atoms with Crippen LogP contribution in [0.15, 0.2) is 30.3 Å². The van der Waals surface area contributed by atoms with E-state index in [9.17, 15) is 0 Å². The van der Waals surface area contributed by atoms with Gasteiger partial charge in [0, 0.05) is 5.56 Å². The van der Waals surface area contributed by atoms with Gasteiger partial charge in [-0.1, -0.05) is 35.9 Å². The molecule has 0 unspecified atom stereocenters. The predicted octanol–water partition coefficient (Wildman–Crippen LogP) is 2.93. The lowest BCUT2D eigenvalue weighted by atomic mass is 10.2. The molecule has 0 amide bonds. The Balaban J connectivity index is 2.59. The Hall–Kier alpha value is -0.580. The average molecular weight is 183 g/mol. The summed E-state index contributed by atoms with van der Waals surface area (Å²) in [5.41, 5.74) is 1.03. The minimum absolute atomic E-state index is 0.528. The van der Waals surface area contributed by atoms with Gasteiger partial charge in [0.05, 0.1) is 5.21 Å². The van der Waals surface area contributed by atoms with E-state index in [1.54, 1.807) is 0 Å². The van der Waals surface area contributed by atoms with Gasteiger partial charge in [0.1, 0.15) is 0 Å². The van der Waals surface area contributed by atoms with Crippen molar-refractivity contribution in [2.75, 3.05) is 5.21 Å². The van der Waals surface area contributed by atoms with Gasteiger partial charge >= 0.3 is 0 Å². The van der Waals surface area contributed by atoms with Gasteiger partial charge < -0.3 is 0 Å². The third kappa shape index (κ3) is 3.36. The SMILES string of the molecule is ClCSC#Cc1ccccc1. The standard InChI is InChI=1S/C9H7ClS/c10-8-11-7-6-9-4-2-1-3-5-9/h1-5H,8H2. The summed E-state index contributed by atoms with van der Waals surface area (Å²) in [6.45, 7) is 0. The third-order valence-corrected chi connectivity index (χ3v) is 1.78. The third-order valence-electron chi connectivity index (χ3n) is 1.10. The Kier molecular flexibility index (Phi) is 3.96. The Morgan fingerprint density at radius 1 is 1.27 bits per heavy atom. The first-order chi connectivity index (χ1) is 5.43. The van der Waals surface area contributed by atoms with E-state index in [0.29, 0.717) is 5.21 Å². The molecule has 0 saturated carbocycles. The van der Waals surface area contributed by atoms with Crippen molar-refractivity contribution in [3.8, 4) is 11.2 Å². The number of halogens is 1. The summed E-state index contributed by atoms with van der Waals surface area (Å²) >= 11 is 6.84. The van der Waals surface area contributed by atoms with Gasteiger partial charge in [-0.05, 0) is 17.4 Å². The zero-order valence-electron chi connectivity index (χ0n) is 5.88. The van der Waals surface area contributed by atoms with Gasteiger partial charge in [0.25, 0.3) is 0 Å². The van der Waals surface area contributed by atoms with Crippen LogP contribution >= 0.6 is 23.4 Å². The van der Waals surface area contributed by atoms with Gasteiger partial charge in [0.15, 0.2) is 0 Å². The van der Waals surface area contributed by atoms with Crippen LogP contribution < -0.4 is 0 Å².